The number of furan rings is 1. The SMILES string of the molecule is CC1=C(C(=O)N(C(=O)OC(C)(C)C)c2ccco2)CCCC(O)=C1. The van der Waals surface area contributed by atoms with Crippen LogP contribution >= 0.6 is 0 Å². The second-order valence-electron chi connectivity index (χ2n) is 6.72. The fourth-order valence-electron chi connectivity index (χ4n) is 2.44. The molecule has 0 spiro atoms. The highest BCUT2D eigenvalue weighted by Crippen LogP contribution is 2.27. The van der Waals surface area contributed by atoms with Crippen LogP contribution in [0.25, 0.3) is 0 Å². The highest BCUT2D eigenvalue weighted by atomic mass is 16.6. The minimum Gasteiger partial charge on any atom is -0.512 e. The van der Waals surface area contributed by atoms with E-state index < -0.39 is 17.6 Å². The van der Waals surface area contributed by atoms with Crippen LogP contribution in [0.5, 0.6) is 0 Å². The number of aliphatic hydroxyl groups excluding tert-OH is 1. The summed E-state index contributed by atoms with van der Waals surface area (Å²) in [6, 6.07) is 3.13. The molecule has 0 bridgehead atoms. The number of amides is 2. The third-order valence-corrected chi connectivity index (χ3v) is 3.48. The Morgan fingerprint density at radius 2 is 2.00 bits per heavy atom. The van der Waals surface area contributed by atoms with Crippen molar-refractivity contribution in [3.05, 3.63) is 41.4 Å². The molecule has 0 saturated heterocycles. The van der Waals surface area contributed by atoms with Crippen molar-refractivity contribution in [1.82, 2.24) is 0 Å². The van der Waals surface area contributed by atoms with Crippen molar-refractivity contribution in [3.63, 3.8) is 0 Å². The summed E-state index contributed by atoms with van der Waals surface area (Å²) in [6.07, 6.45) is 3.75. The van der Waals surface area contributed by atoms with E-state index in [1.54, 1.807) is 39.8 Å². The molecule has 1 aromatic rings. The van der Waals surface area contributed by atoms with E-state index in [4.69, 9.17) is 9.15 Å². The van der Waals surface area contributed by atoms with Crippen molar-refractivity contribution in [2.75, 3.05) is 4.90 Å². The summed E-state index contributed by atoms with van der Waals surface area (Å²) in [7, 11) is 0. The largest absolute Gasteiger partial charge is 0.512 e. The molecule has 6 heteroatoms. The van der Waals surface area contributed by atoms with E-state index in [9.17, 15) is 14.7 Å². The molecule has 1 N–H and O–H groups in total. The Labute approximate surface area is 141 Å². The zero-order chi connectivity index (χ0) is 17.9. The number of rotatable bonds is 2. The monoisotopic (exact) mass is 333 g/mol. The van der Waals surface area contributed by atoms with Crippen LogP contribution in [-0.4, -0.2) is 22.7 Å². The van der Waals surface area contributed by atoms with Crippen molar-refractivity contribution in [1.29, 1.82) is 0 Å². The minimum absolute atomic E-state index is 0.104. The fraction of sp³-hybridized carbons (Fsp3) is 0.444. The number of carbonyl (C=O) groups is 2. The highest BCUT2D eigenvalue weighted by molar-refractivity contribution is 6.18. The van der Waals surface area contributed by atoms with Crippen molar-refractivity contribution in [2.45, 2.75) is 52.6 Å². The molecule has 1 aromatic heterocycles. The third-order valence-electron chi connectivity index (χ3n) is 3.48. The molecule has 0 radical (unpaired) electrons. The van der Waals surface area contributed by atoms with Gasteiger partial charge < -0.3 is 14.3 Å². The Balaban J connectivity index is 2.39. The highest BCUT2D eigenvalue weighted by Gasteiger charge is 2.33. The van der Waals surface area contributed by atoms with Gasteiger partial charge in [0.05, 0.1) is 12.0 Å². The normalized spacial score (nSPS) is 15.6. The van der Waals surface area contributed by atoms with Crippen molar-refractivity contribution in [2.24, 2.45) is 0 Å². The molecule has 1 heterocycles. The van der Waals surface area contributed by atoms with Crippen LogP contribution in [0.15, 0.2) is 45.8 Å². The van der Waals surface area contributed by atoms with Crippen LogP contribution in [0.2, 0.25) is 0 Å². The number of hydrogen-bond acceptors (Lipinski definition) is 5. The Morgan fingerprint density at radius 3 is 2.58 bits per heavy atom. The number of carbonyl (C=O) groups excluding carboxylic acids is 2. The predicted molar refractivity (Wildman–Crippen MR) is 89.7 cm³/mol. The molecule has 24 heavy (non-hydrogen) atoms. The topological polar surface area (TPSA) is 80.0 Å². The van der Waals surface area contributed by atoms with Crippen molar-refractivity contribution in [3.8, 4) is 0 Å². The molecule has 0 aromatic carbocycles. The van der Waals surface area contributed by atoms with Gasteiger partial charge in [0.1, 0.15) is 5.60 Å². The third kappa shape index (κ3) is 4.28. The average Bonchev–Trinajstić information content (AvgIpc) is 2.89. The molecular formula is C18H23NO5. The van der Waals surface area contributed by atoms with Crippen LogP contribution < -0.4 is 4.90 Å². The van der Waals surface area contributed by atoms with E-state index >= 15 is 0 Å². The average molecular weight is 333 g/mol. The summed E-state index contributed by atoms with van der Waals surface area (Å²) < 4.78 is 10.6. The van der Waals surface area contributed by atoms with E-state index in [2.05, 4.69) is 0 Å². The minimum atomic E-state index is -0.791. The lowest BCUT2D eigenvalue weighted by Gasteiger charge is -2.25. The Bertz CT molecular complexity index is 677. The summed E-state index contributed by atoms with van der Waals surface area (Å²) in [5.41, 5.74) is 0.351. The van der Waals surface area contributed by atoms with E-state index in [0.717, 1.165) is 4.90 Å². The Kier molecular flexibility index (Phi) is 5.17. The first kappa shape index (κ1) is 17.8. The first-order valence-corrected chi connectivity index (χ1v) is 7.89. The van der Waals surface area contributed by atoms with Crippen LogP contribution in [0, 0.1) is 0 Å². The number of anilines is 1. The quantitative estimate of drug-likeness (QED) is 0.862. The van der Waals surface area contributed by atoms with Gasteiger partial charge in [0, 0.05) is 18.1 Å². The number of hydrogen-bond donors (Lipinski definition) is 1. The van der Waals surface area contributed by atoms with Gasteiger partial charge in [-0.3, -0.25) is 4.79 Å². The van der Waals surface area contributed by atoms with E-state index in [1.165, 1.54) is 12.3 Å². The maximum Gasteiger partial charge on any atom is 0.424 e. The molecule has 6 nitrogen and oxygen atoms in total. The number of nitrogens with zero attached hydrogens (tertiary/aromatic N) is 1. The van der Waals surface area contributed by atoms with Gasteiger partial charge in [0.15, 0.2) is 0 Å². The number of allylic oxidation sites excluding steroid dienone is 3. The van der Waals surface area contributed by atoms with Gasteiger partial charge in [-0.2, -0.15) is 4.90 Å². The summed E-state index contributed by atoms with van der Waals surface area (Å²) in [5.74, 6) is -0.160. The van der Waals surface area contributed by atoms with Gasteiger partial charge in [-0.15, -0.1) is 0 Å². The molecule has 130 valence electrons. The summed E-state index contributed by atoms with van der Waals surface area (Å²) in [6.45, 7) is 6.93. The van der Waals surface area contributed by atoms with Crippen LogP contribution in [0.1, 0.15) is 47.0 Å². The smallest absolute Gasteiger partial charge is 0.424 e. The summed E-state index contributed by atoms with van der Waals surface area (Å²) >= 11 is 0. The van der Waals surface area contributed by atoms with Crippen molar-refractivity contribution < 1.29 is 23.8 Å². The van der Waals surface area contributed by atoms with E-state index in [-0.39, 0.29) is 11.6 Å². The molecule has 0 atom stereocenters. The molecule has 1 aliphatic rings. The van der Waals surface area contributed by atoms with Crippen LogP contribution in [-0.2, 0) is 9.53 Å². The standard InChI is InChI=1S/C18H23NO5/c1-12-11-13(20)7-5-8-14(12)16(21)19(15-9-6-10-23-15)17(22)24-18(2,3)4/h6,9-11,20H,5,7-8H2,1-4H3. The molecule has 2 rings (SSSR count). The summed E-state index contributed by atoms with van der Waals surface area (Å²) in [5, 5.41) is 9.74. The molecule has 0 aliphatic heterocycles. The zero-order valence-electron chi connectivity index (χ0n) is 14.5. The van der Waals surface area contributed by atoms with Gasteiger partial charge in [-0.1, -0.05) is 0 Å². The maximum absolute atomic E-state index is 13.0. The summed E-state index contributed by atoms with van der Waals surface area (Å²) in [4.78, 5) is 26.4. The van der Waals surface area contributed by atoms with Gasteiger partial charge in [-0.25, -0.2) is 4.79 Å². The lowest BCUT2D eigenvalue weighted by Crippen LogP contribution is -2.41. The van der Waals surface area contributed by atoms with Gasteiger partial charge in [0.2, 0.25) is 5.88 Å². The molecule has 1 aliphatic carbocycles. The second-order valence-corrected chi connectivity index (χ2v) is 6.72. The number of imide groups is 1. The molecule has 0 fully saturated rings. The second kappa shape index (κ2) is 6.95. The molecule has 2 amide bonds. The van der Waals surface area contributed by atoms with Crippen LogP contribution in [0.3, 0.4) is 0 Å². The molecular weight excluding hydrogens is 310 g/mol. The van der Waals surface area contributed by atoms with Gasteiger partial charge in [-0.05, 0) is 58.3 Å². The van der Waals surface area contributed by atoms with Gasteiger partial charge in [0.25, 0.3) is 5.91 Å². The lowest BCUT2D eigenvalue weighted by molar-refractivity contribution is -0.115. The molecule has 0 saturated carbocycles. The zero-order valence-corrected chi connectivity index (χ0v) is 14.5. The molecule has 0 unspecified atom stereocenters. The number of aliphatic hydroxyl groups is 1. The van der Waals surface area contributed by atoms with Crippen LogP contribution in [0.4, 0.5) is 10.7 Å². The number of ether oxygens (including phenoxy) is 1. The van der Waals surface area contributed by atoms with E-state index in [0.29, 0.717) is 30.4 Å². The fourth-order valence-corrected chi connectivity index (χ4v) is 2.44. The first-order chi connectivity index (χ1) is 11.2. The lowest BCUT2D eigenvalue weighted by atomic mass is 10.0. The maximum atomic E-state index is 13.0. The van der Waals surface area contributed by atoms with Gasteiger partial charge >= 0.3 is 6.09 Å². The Morgan fingerprint density at radius 1 is 1.29 bits per heavy atom. The van der Waals surface area contributed by atoms with Crippen molar-refractivity contribution >= 4 is 17.9 Å². The Hall–Kier alpha value is -2.50. The van der Waals surface area contributed by atoms with E-state index in [1.807, 2.05) is 0 Å². The first-order valence-electron chi connectivity index (χ1n) is 7.89. The predicted octanol–water partition coefficient (Wildman–Crippen LogP) is 4.49.